The molecule has 2 aromatic rings. The summed E-state index contributed by atoms with van der Waals surface area (Å²) < 4.78 is 5.73. The largest absolute Gasteiger partial charge is 0.379 e. The van der Waals surface area contributed by atoms with Crippen molar-refractivity contribution in [1.29, 1.82) is 0 Å². The Bertz CT molecular complexity index is 518. The van der Waals surface area contributed by atoms with Crippen LogP contribution in [0.2, 0.25) is 0 Å². The maximum absolute atomic E-state index is 5.73. The summed E-state index contributed by atoms with van der Waals surface area (Å²) in [5.74, 6) is 1.28. The van der Waals surface area contributed by atoms with Crippen LogP contribution >= 0.6 is 0 Å². The lowest BCUT2D eigenvalue weighted by atomic mass is 10.00. The van der Waals surface area contributed by atoms with Gasteiger partial charge in [0.2, 0.25) is 5.95 Å². The van der Waals surface area contributed by atoms with Crippen molar-refractivity contribution >= 4 is 5.95 Å². The molecule has 0 N–H and O–H groups in total. The molecule has 104 valence electrons. The van der Waals surface area contributed by atoms with Crippen LogP contribution in [0.15, 0.2) is 48.8 Å². The number of anilines is 1. The molecule has 1 unspecified atom stereocenters. The zero-order chi connectivity index (χ0) is 13.6. The van der Waals surface area contributed by atoms with Gasteiger partial charge >= 0.3 is 0 Å². The van der Waals surface area contributed by atoms with Gasteiger partial charge in [0.15, 0.2) is 0 Å². The van der Waals surface area contributed by atoms with E-state index in [9.17, 15) is 0 Å². The molecule has 0 aliphatic carbocycles. The maximum atomic E-state index is 5.73. The van der Waals surface area contributed by atoms with Crippen molar-refractivity contribution in [1.82, 2.24) is 9.97 Å². The summed E-state index contributed by atoms with van der Waals surface area (Å²) >= 11 is 0. The van der Waals surface area contributed by atoms with E-state index in [0.29, 0.717) is 5.92 Å². The van der Waals surface area contributed by atoms with Crippen LogP contribution in [-0.2, 0) is 11.2 Å². The van der Waals surface area contributed by atoms with E-state index in [4.69, 9.17) is 4.74 Å². The lowest BCUT2D eigenvalue weighted by Crippen LogP contribution is -2.32. The number of benzene rings is 1. The van der Waals surface area contributed by atoms with Gasteiger partial charge in [-0.25, -0.2) is 9.97 Å². The zero-order valence-corrected chi connectivity index (χ0v) is 11.5. The Morgan fingerprint density at radius 1 is 1.10 bits per heavy atom. The Hall–Kier alpha value is -1.94. The number of hydrogen-bond donors (Lipinski definition) is 0. The molecule has 0 bridgehead atoms. The third kappa shape index (κ3) is 3.33. The number of ether oxygens (including phenoxy) is 1. The average molecular weight is 269 g/mol. The summed E-state index contributed by atoms with van der Waals surface area (Å²) in [6.07, 6.45) is 4.62. The zero-order valence-electron chi connectivity index (χ0n) is 11.5. The summed E-state index contributed by atoms with van der Waals surface area (Å²) in [5, 5.41) is 0. The normalized spacial score (nSPS) is 19.6. The van der Waals surface area contributed by atoms with Crippen molar-refractivity contribution < 1.29 is 4.74 Å². The highest BCUT2D eigenvalue weighted by molar-refractivity contribution is 5.29. The second-order valence-electron chi connectivity index (χ2n) is 5.13. The van der Waals surface area contributed by atoms with Crippen LogP contribution in [0.1, 0.15) is 5.56 Å². The summed E-state index contributed by atoms with van der Waals surface area (Å²) in [5.41, 5.74) is 1.36. The lowest BCUT2D eigenvalue weighted by molar-refractivity contribution is 0.123. The van der Waals surface area contributed by atoms with E-state index in [1.54, 1.807) is 12.4 Å². The van der Waals surface area contributed by atoms with E-state index in [-0.39, 0.29) is 0 Å². The van der Waals surface area contributed by atoms with Crippen molar-refractivity contribution in [2.24, 2.45) is 5.92 Å². The van der Waals surface area contributed by atoms with E-state index < -0.39 is 0 Å². The molecular formula is C16H19N3O. The number of aromatic nitrogens is 2. The summed E-state index contributed by atoms with van der Waals surface area (Å²) in [4.78, 5) is 10.9. The molecule has 1 aliphatic heterocycles. The molecule has 1 aromatic carbocycles. The van der Waals surface area contributed by atoms with Crippen molar-refractivity contribution in [3.8, 4) is 0 Å². The molecular weight excluding hydrogens is 250 g/mol. The Balaban J connectivity index is 1.69. The van der Waals surface area contributed by atoms with Crippen LogP contribution in [-0.4, -0.2) is 36.3 Å². The second-order valence-corrected chi connectivity index (χ2v) is 5.13. The molecule has 1 aliphatic rings. The molecule has 2 heterocycles. The van der Waals surface area contributed by atoms with Crippen molar-refractivity contribution in [2.75, 3.05) is 31.2 Å². The fourth-order valence-electron chi connectivity index (χ4n) is 2.59. The van der Waals surface area contributed by atoms with E-state index in [2.05, 4.69) is 45.2 Å². The highest BCUT2D eigenvalue weighted by Crippen LogP contribution is 2.16. The quantitative estimate of drug-likeness (QED) is 0.856. The summed E-state index contributed by atoms with van der Waals surface area (Å²) in [6.45, 7) is 3.34. The minimum Gasteiger partial charge on any atom is -0.379 e. The van der Waals surface area contributed by atoms with E-state index in [1.165, 1.54) is 5.56 Å². The molecule has 4 heteroatoms. The SMILES string of the molecule is c1ccc(CC2COCCN(c3ncccn3)C2)cc1. The lowest BCUT2D eigenvalue weighted by Gasteiger charge is -2.23. The molecule has 1 aromatic heterocycles. The minimum absolute atomic E-state index is 0.476. The van der Waals surface area contributed by atoms with Gasteiger partial charge < -0.3 is 9.64 Å². The Morgan fingerprint density at radius 2 is 1.90 bits per heavy atom. The molecule has 1 fully saturated rings. The van der Waals surface area contributed by atoms with Gasteiger partial charge in [0.25, 0.3) is 0 Å². The second kappa shape index (κ2) is 6.48. The first-order valence-corrected chi connectivity index (χ1v) is 7.05. The topological polar surface area (TPSA) is 38.2 Å². The fourth-order valence-corrected chi connectivity index (χ4v) is 2.59. The summed E-state index contributed by atoms with van der Waals surface area (Å²) in [6, 6.07) is 12.4. The number of nitrogens with zero attached hydrogens (tertiary/aromatic N) is 3. The highest BCUT2D eigenvalue weighted by Gasteiger charge is 2.20. The van der Waals surface area contributed by atoms with Gasteiger partial charge in [-0.1, -0.05) is 30.3 Å². The Kier molecular flexibility index (Phi) is 4.23. The van der Waals surface area contributed by atoms with E-state index >= 15 is 0 Å². The van der Waals surface area contributed by atoms with Gasteiger partial charge in [0, 0.05) is 31.4 Å². The van der Waals surface area contributed by atoms with Crippen molar-refractivity contribution in [2.45, 2.75) is 6.42 Å². The average Bonchev–Trinajstić information content (AvgIpc) is 2.75. The molecule has 20 heavy (non-hydrogen) atoms. The standard InChI is InChI=1S/C16H19N3O/c1-2-5-14(6-3-1)11-15-12-19(9-10-20-13-15)16-17-7-4-8-18-16/h1-8,15H,9-13H2. The van der Waals surface area contributed by atoms with E-state index in [1.807, 2.05) is 6.07 Å². The third-order valence-corrected chi connectivity index (χ3v) is 3.54. The van der Waals surface area contributed by atoms with Gasteiger partial charge in [-0.3, -0.25) is 0 Å². The van der Waals surface area contributed by atoms with Crippen LogP contribution in [0, 0.1) is 5.92 Å². The van der Waals surface area contributed by atoms with Crippen LogP contribution < -0.4 is 4.90 Å². The maximum Gasteiger partial charge on any atom is 0.225 e. The van der Waals surface area contributed by atoms with Crippen LogP contribution in [0.25, 0.3) is 0 Å². The first-order valence-electron chi connectivity index (χ1n) is 7.05. The fraction of sp³-hybridized carbons (Fsp3) is 0.375. The molecule has 4 nitrogen and oxygen atoms in total. The van der Waals surface area contributed by atoms with Gasteiger partial charge in [-0.2, -0.15) is 0 Å². The molecule has 3 rings (SSSR count). The smallest absolute Gasteiger partial charge is 0.225 e. The van der Waals surface area contributed by atoms with Crippen molar-refractivity contribution in [3.63, 3.8) is 0 Å². The van der Waals surface area contributed by atoms with E-state index in [0.717, 1.165) is 38.7 Å². The van der Waals surface area contributed by atoms with Crippen LogP contribution in [0.3, 0.4) is 0 Å². The Labute approximate surface area is 119 Å². The van der Waals surface area contributed by atoms with Crippen LogP contribution in [0.4, 0.5) is 5.95 Å². The third-order valence-electron chi connectivity index (χ3n) is 3.54. The van der Waals surface area contributed by atoms with Gasteiger partial charge in [0.05, 0.1) is 13.2 Å². The minimum atomic E-state index is 0.476. The molecule has 0 spiro atoms. The first-order chi connectivity index (χ1) is 9.92. The van der Waals surface area contributed by atoms with Crippen LogP contribution in [0.5, 0.6) is 0 Å². The molecule has 1 saturated heterocycles. The molecule has 0 saturated carbocycles. The Morgan fingerprint density at radius 3 is 2.70 bits per heavy atom. The van der Waals surface area contributed by atoms with Gasteiger partial charge in [-0.15, -0.1) is 0 Å². The first kappa shape index (κ1) is 13.1. The number of rotatable bonds is 3. The molecule has 0 amide bonds. The highest BCUT2D eigenvalue weighted by atomic mass is 16.5. The van der Waals surface area contributed by atoms with Gasteiger partial charge in [-0.05, 0) is 18.1 Å². The predicted molar refractivity (Wildman–Crippen MR) is 78.7 cm³/mol. The predicted octanol–water partition coefficient (Wildman–Crippen LogP) is 2.17. The number of hydrogen-bond acceptors (Lipinski definition) is 4. The molecule has 1 atom stereocenters. The monoisotopic (exact) mass is 269 g/mol. The molecule has 0 radical (unpaired) electrons. The summed E-state index contributed by atoms with van der Waals surface area (Å²) in [7, 11) is 0. The van der Waals surface area contributed by atoms with Gasteiger partial charge in [0.1, 0.15) is 0 Å². The van der Waals surface area contributed by atoms with Crippen molar-refractivity contribution in [3.05, 3.63) is 54.4 Å².